The summed E-state index contributed by atoms with van der Waals surface area (Å²) in [7, 11) is 0. The molecule has 0 unspecified atom stereocenters. The van der Waals surface area contributed by atoms with Crippen molar-refractivity contribution in [1.29, 1.82) is 0 Å². The van der Waals surface area contributed by atoms with E-state index in [-0.39, 0.29) is 5.91 Å². The minimum absolute atomic E-state index is 0.304. The Kier molecular flexibility index (Phi) is 4.88. The summed E-state index contributed by atoms with van der Waals surface area (Å²) in [6.45, 7) is 2.51. The standard InChI is InChI=1S/C15H13Cl2NO2/c1-2-20-12-6-4-11(5-7-12)18-15(19)13-9-10(16)3-8-14(13)17/h3-9H,2H2,1H3,(H,18,19). The van der Waals surface area contributed by atoms with Crippen molar-refractivity contribution in [2.24, 2.45) is 0 Å². The first-order valence-electron chi connectivity index (χ1n) is 6.09. The van der Waals surface area contributed by atoms with Gasteiger partial charge in [0.2, 0.25) is 0 Å². The molecule has 104 valence electrons. The highest BCUT2D eigenvalue weighted by atomic mass is 35.5. The molecule has 2 rings (SSSR count). The van der Waals surface area contributed by atoms with E-state index in [1.165, 1.54) is 6.07 Å². The van der Waals surface area contributed by atoms with Gasteiger partial charge in [0.1, 0.15) is 5.75 Å². The van der Waals surface area contributed by atoms with Gasteiger partial charge in [-0.05, 0) is 49.4 Å². The Balaban J connectivity index is 2.13. The summed E-state index contributed by atoms with van der Waals surface area (Å²) in [5.41, 5.74) is 1.00. The minimum Gasteiger partial charge on any atom is -0.494 e. The third kappa shape index (κ3) is 3.65. The molecule has 0 radical (unpaired) electrons. The predicted octanol–water partition coefficient (Wildman–Crippen LogP) is 4.64. The van der Waals surface area contributed by atoms with Gasteiger partial charge in [0.15, 0.2) is 0 Å². The smallest absolute Gasteiger partial charge is 0.257 e. The highest BCUT2D eigenvalue weighted by Gasteiger charge is 2.11. The van der Waals surface area contributed by atoms with Gasteiger partial charge < -0.3 is 10.1 Å². The monoisotopic (exact) mass is 309 g/mol. The van der Waals surface area contributed by atoms with E-state index in [0.29, 0.717) is 27.9 Å². The number of amides is 1. The fourth-order valence-electron chi connectivity index (χ4n) is 1.67. The molecule has 5 heteroatoms. The Morgan fingerprint density at radius 2 is 1.85 bits per heavy atom. The van der Waals surface area contributed by atoms with Crippen LogP contribution in [0.25, 0.3) is 0 Å². The predicted molar refractivity (Wildman–Crippen MR) is 82.0 cm³/mol. The summed E-state index contributed by atoms with van der Waals surface area (Å²) < 4.78 is 5.33. The van der Waals surface area contributed by atoms with Crippen LogP contribution in [0.1, 0.15) is 17.3 Å². The average molecular weight is 310 g/mol. The van der Waals surface area contributed by atoms with Crippen LogP contribution in [-0.2, 0) is 0 Å². The number of anilines is 1. The van der Waals surface area contributed by atoms with Gasteiger partial charge in [-0.15, -0.1) is 0 Å². The van der Waals surface area contributed by atoms with E-state index >= 15 is 0 Å². The molecule has 0 aliphatic rings. The van der Waals surface area contributed by atoms with E-state index in [1.54, 1.807) is 36.4 Å². The number of nitrogens with one attached hydrogen (secondary N) is 1. The maximum Gasteiger partial charge on any atom is 0.257 e. The summed E-state index contributed by atoms with van der Waals surface area (Å²) in [6.07, 6.45) is 0. The van der Waals surface area contributed by atoms with Crippen LogP contribution in [0.4, 0.5) is 5.69 Å². The fraction of sp³-hybridized carbons (Fsp3) is 0.133. The molecule has 0 bridgehead atoms. The van der Waals surface area contributed by atoms with Crippen molar-refractivity contribution in [1.82, 2.24) is 0 Å². The second kappa shape index (κ2) is 6.64. The molecule has 0 saturated heterocycles. The Hall–Kier alpha value is -1.71. The molecule has 1 N–H and O–H groups in total. The first kappa shape index (κ1) is 14.7. The third-order valence-electron chi connectivity index (χ3n) is 2.60. The molecule has 2 aromatic carbocycles. The highest BCUT2D eigenvalue weighted by Crippen LogP contribution is 2.22. The molecule has 0 aliphatic heterocycles. The van der Waals surface area contributed by atoms with Gasteiger partial charge in [-0.3, -0.25) is 4.79 Å². The number of carbonyl (C=O) groups excluding carboxylic acids is 1. The molecule has 0 aromatic heterocycles. The molecule has 1 amide bonds. The molecule has 2 aromatic rings. The van der Waals surface area contributed by atoms with E-state index in [2.05, 4.69) is 5.32 Å². The Morgan fingerprint density at radius 3 is 2.50 bits per heavy atom. The molecular weight excluding hydrogens is 297 g/mol. The third-order valence-corrected chi connectivity index (χ3v) is 3.16. The molecule has 0 spiro atoms. The number of ether oxygens (including phenoxy) is 1. The van der Waals surface area contributed by atoms with Crippen molar-refractivity contribution >= 4 is 34.8 Å². The lowest BCUT2D eigenvalue weighted by atomic mass is 10.2. The summed E-state index contributed by atoms with van der Waals surface area (Å²) >= 11 is 11.8. The van der Waals surface area contributed by atoms with Gasteiger partial charge in [-0.1, -0.05) is 23.2 Å². The largest absolute Gasteiger partial charge is 0.494 e. The average Bonchev–Trinajstić information content (AvgIpc) is 2.44. The maximum atomic E-state index is 12.1. The zero-order valence-corrected chi connectivity index (χ0v) is 12.3. The van der Waals surface area contributed by atoms with Crippen molar-refractivity contribution in [3.63, 3.8) is 0 Å². The number of hydrogen-bond donors (Lipinski definition) is 1. The van der Waals surface area contributed by atoms with Crippen LogP contribution >= 0.6 is 23.2 Å². The first-order chi connectivity index (χ1) is 9.60. The lowest BCUT2D eigenvalue weighted by molar-refractivity contribution is 0.102. The lowest BCUT2D eigenvalue weighted by Gasteiger charge is -2.08. The van der Waals surface area contributed by atoms with Gasteiger partial charge in [0, 0.05) is 10.7 Å². The van der Waals surface area contributed by atoms with Crippen LogP contribution in [0.3, 0.4) is 0 Å². The number of rotatable bonds is 4. The lowest BCUT2D eigenvalue weighted by Crippen LogP contribution is -2.12. The Morgan fingerprint density at radius 1 is 1.15 bits per heavy atom. The van der Waals surface area contributed by atoms with E-state index < -0.39 is 0 Å². The van der Waals surface area contributed by atoms with Crippen LogP contribution in [0.2, 0.25) is 10.0 Å². The zero-order chi connectivity index (χ0) is 14.5. The van der Waals surface area contributed by atoms with E-state index in [9.17, 15) is 4.79 Å². The van der Waals surface area contributed by atoms with Crippen molar-refractivity contribution in [2.45, 2.75) is 6.92 Å². The van der Waals surface area contributed by atoms with Gasteiger partial charge in [-0.2, -0.15) is 0 Å². The van der Waals surface area contributed by atoms with Crippen LogP contribution in [0, 0.1) is 0 Å². The van der Waals surface area contributed by atoms with Crippen LogP contribution < -0.4 is 10.1 Å². The maximum absolute atomic E-state index is 12.1. The molecule has 3 nitrogen and oxygen atoms in total. The van der Waals surface area contributed by atoms with Crippen molar-refractivity contribution in [3.8, 4) is 5.75 Å². The molecular formula is C15H13Cl2NO2. The normalized spacial score (nSPS) is 10.2. The van der Waals surface area contributed by atoms with Crippen molar-refractivity contribution in [2.75, 3.05) is 11.9 Å². The van der Waals surface area contributed by atoms with E-state index in [0.717, 1.165) is 5.75 Å². The summed E-state index contributed by atoms with van der Waals surface area (Å²) in [6, 6.07) is 11.9. The second-order valence-corrected chi connectivity index (χ2v) is 4.88. The van der Waals surface area contributed by atoms with Gasteiger partial charge in [0.25, 0.3) is 5.91 Å². The second-order valence-electron chi connectivity index (χ2n) is 4.04. The summed E-state index contributed by atoms with van der Waals surface area (Å²) in [5, 5.41) is 3.58. The highest BCUT2D eigenvalue weighted by molar-refractivity contribution is 6.36. The quantitative estimate of drug-likeness (QED) is 0.893. The Labute approximate surface area is 127 Å². The zero-order valence-electron chi connectivity index (χ0n) is 10.8. The number of halogens is 2. The SMILES string of the molecule is CCOc1ccc(NC(=O)c2cc(Cl)ccc2Cl)cc1. The number of benzene rings is 2. The first-order valence-corrected chi connectivity index (χ1v) is 6.85. The molecule has 0 atom stereocenters. The molecule has 0 heterocycles. The molecule has 0 fully saturated rings. The van der Waals surface area contributed by atoms with Crippen molar-refractivity contribution in [3.05, 3.63) is 58.1 Å². The Bertz CT molecular complexity index is 612. The summed E-state index contributed by atoms with van der Waals surface area (Å²) in [5.74, 6) is 0.452. The van der Waals surface area contributed by atoms with Crippen LogP contribution in [0.15, 0.2) is 42.5 Å². The summed E-state index contributed by atoms with van der Waals surface area (Å²) in [4.78, 5) is 12.1. The van der Waals surface area contributed by atoms with Crippen LogP contribution in [0.5, 0.6) is 5.75 Å². The minimum atomic E-state index is -0.304. The van der Waals surface area contributed by atoms with Gasteiger partial charge >= 0.3 is 0 Å². The molecule has 0 aliphatic carbocycles. The van der Waals surface area contributed by atoms with Gasteiger partial charge in [0.05, 0.1) is 17.2 Å². The van der Waals surface area contributed by atoms with E-state index in [1.807, 2.05) is 6.92 Å². The van der Waals surface area contributed by atoms with E-state index in [4.69, 9.17) is 27.9 Å². The molecule has 0 saturated carbocycles. The molecule has 20 heavy (non-hydrogen) atoms. The topological polar surface area (TPSA) is 38.3 Å². The number of hydrogen-bond acceptors (Lipinski definition) is 2. The van der Waals surface area contributed by atoms with Gasteiger partial charge in [-0.25, -0.2) is 0 Å². The fourth-order valence-corrected chi connectivity index (χ4v) is 2.05. The number of carbonyl (C=O) groups is 1. The van der Waals surface area contributed by atoms with Crippen LogP contribution in [-0.4, -0.2) is 12.5 Å². The van der Waals surface area contributed by atoms with Crippen molar-refractivity contribution < 1.29 is 9.53 Å².